The molecule has 0 saturated heterocycles. The molecule has 0 heterocycles. The zero-order chi connectivity index (χ0) is 9.40. The Morgan fingerprint density at radius 1 is 1.42 bits per heavy atom. The average molecular weight is 176 g/mol. The van der Waals surface area contributed by atoms with Crippen molar-refractivity contribution in [1.29, 1.82) is 0 Å². The Morgan fingerprint density at radius 2 is 2.08 bits per heavy atom. The summed E-state index contributed by atoms with van der Waals surface area (Å²) < 4.78 is 0. The lowest BCUT2D eigenvalue weighted by Gasteiger charge is -2.22. The summed E-state index contributed by atoms with van der Waals surface area (Å²) in [5, 5.41) is 17.8. The van der Waals surface area contributed by atoms with Crippen molar-refractivity contribution >= 4 is 0 Å². The Balaban J connectivity index is 3.54. The van der Waals surface area contributed by atoms with Crippen LogP contribution in [0.25, 0.3) is 0 Å². The number of hydrogen-bond acceptors (Lipinski definition) is 4. The number of hydrogen-bond donors (Lipinski definition) is 3. The molecule has 74 valence electrons. The molecule has 0 aliphatic heterocycles. The van der Waals surface area contributed by atoms with Crippen molar-refractivity contribution in [1.82, 2.24) is 4.90 Å². The molecule has 0 rings (SSSR count). The third-order valence-electron chi connectivity index (χ3n) is 1.62. The fourth-order valence-electron chi connectivity index (χ4n) is 1.12. The van der Waals surface area contributed by atoms with Crippen LogP contribution in [0, 0.1) is 0 Å². The van der Waals surface area contributed by atoms with E-state index in [1.165, 1.54) is 0 Å². The minimum atomic E-state index is -0.339. The largest absolute Gasteiger partial charge is 0.395 e. The molecule has 0 aromatic carbocycles. The lowest BCUT2D eigenvalue weighted by Crippen LogP contribution is -2.34. The van der Waals surface area contributed by atoms with Crippen LogP contribution in [0.15, 0.2) is 0 Å². The normalized spacial score (nSPS) is 13.8. The van der Waals surface area contributed by atoms with Crippen molar-refractivity contribution in [2.45, 2.75) is 19.4 Å². The average Bonchev–Trinajstić information content (AvgIpc) is 2.00. The van der Waals surface area contributed by atoms with Gasteiger partial charge in [0.05, 0.1) is 12.7 Å². The number of nitrogens with zero attached hydrogens (tertiary/aromatic N) is 1. The first-order chi connectivity index (χ1) is 5.70. The molecule has 1 unspecified atom stereocenters. The van der Waals surface area contributed by atoms with Crippen LogP contribution in [-0.4, -0.2) is 54.0 Å². The summed E-state index contributed by atoms with van der Waals surface area (Å²) >= 11 is 0. The molecule has 1 atom stereocenters. The smallest absolute Gasteiger partial charge is 0.0639 e. The fourth-order valence-corrected chi connectivity index (χ4v) is 1.12. The standard InChI is InChI=1S/C8H20N2O2/c1-8(12)7-10(5-6-11)4-2-3-9/h8,11-12H,2-7,9H2,1H3. The van der Waals surface area contributed by atoms with Crippen LogP contribution < -0.4 is 5.73 Å². The second-order valence-corrected chi connectivity index (χ2v) is 3.02. The summed E-state index contributed by atoms with van der Waals surface area (Å²) in [6.07, 6.45) is 0.571. The predicted molar refractivity (Wildman–Crippen MR) is 48.9 cm³/mol. The molecule has 0 aromatic heterocycles. The molecule has 0 saturated carbocycles. The maximum absolute atomic E-state index is 9.09. The van der Waals surface area contributed by atoms with Gasteiger partial charge < -0.3 is 15.9 Å². The van der Waals surface area contributed by atoms with Crippen molar-refractivity contribution in [2.24, 2.45) is 5.73 Å². The van der Waals surface area contributed by atoms with E-state index in [9.17, 15) is 0 Å². The van der Waals surface area contributed by atoms with Gasteiger partial charge in [-0.1, -0.05) is 0 Å². The van der Waals surface area contributed by atoms with Gasteiger partial charge in [-0.25, -0.2) is 0 Å². The molecule has 0 aromatic rings. The van der Waals surface area contributed by atoms with Gasteiger partial charge in [-0.05, 0) is 26.4 Å². The van der Waals surface area contributed by atoms with Gasteiger partial charge in [0.25, 0.3) is 0 Å². The van der Waals surface area contributed by atoms with E-state index in [4.69, 9.17) is 15.9 Å². The lowest BCUT2D eigenvalue weighted by molar-refractivity contribution is 0.111. The van der Waals surface area contributed by atoms with E-state index in [1.807, 2.05) is 4.90 Å². The van der Waals surface area contributed by atoms with Crippen LogP contribution in [0.2, 0.25) is 0 Å². The van der Waals surface area contributed by atoms with Gasteiger partial charge in [0, 0.05) is 13.1 Å². The number of rotatable bonds is 7. The SMILES string of the molecule is CC(O)CN(CCO)CCCN. The maximum Gasteiger partial charge on any atom is 0.0639 e. The predicted octanol–water partition coefficient (Wildman–Crippen LogP) is -0.990. The van der Waals surface area contributed by atoms with Gasteiger partial charge in [-0.3, -0.25) is 4.90 Å². The highest BCUT2D eigenvalue weighted by molar-refractivity contribution is 4.60. The van der Waals surface area contributed by atoms with Gasteiger partial charge in [-0.15, -0.1) is 0 Å². The Hall–Kier alpha value is -0.160. The van der Waals surface area contributed by atoms with Crippen molar-refractivity contribution in [3.63, 3.8) is 0 Å². The van der Waals surface area contributed by atoms with E-state index in [0.717, 1.165) is 13.0 Å². The third-order valence-corrected chi connectivity index (χ3v) is 1.62. The molecular weight excluding hydrogens is 156 g/mol. The molecule has 4 nitrogen and oxygen atoms in total. The van der Waals surface area contributed by atoms with Crippen molar-refractivity contribution < 1.29 is 10.2 Å². The Kier molecular flexibility index (Phi) is 7.39. The Morgan fingerprint density at radius 3 is 2.50 bits per heavy atom. The molecular formula is C8H20N2O2. The van der Waals surface area contributed by atoms with E-state index in [1.54, 1.807) is 6.92 Å². The molecule has 12 heavy (non-hydrogen) atoms. The van der Waals surface area contributed by atoms with E-state index >= 15 is 0 Å². The first kappa shape index (κ1) is 11.8. The monoisotopic (exact) mass is 176 g/mol. The second kappa shape index (κ2) is 7.49. The van der Waals surface area contributed by atoms with Crippen molar-refractivity contribution in [2.75, 3.05) is 32.8 Å². The minimum absolute atomic E-state index is 0.136. The van der Waals surface area contributed by atoms with Gasteiger partial charge in [-0.2, -0.15) is 0 Å². The third kappa shape index (κ3) is 6.54. The first-order valence-corrected chi connectivity index (χ1v) is 4.42. The number of aliphatic hydroxyl groups is 2. The van der Waals surface area contributed by atoms with E-state index in [0.29, 0.717) is 19.6 Å². The molecule has 0 bridgehead atoms. The molecule has 4 N–H and O–H groups in total. The van der Waals surface area contributed by atoms with Crippen LogP contribution >= 0.6 is 0 Å². The van der Waals surface area contributed by atoms with Crippen LogP contribution in [0.5, 0.6) is 0 Å². The topological polar surface area (TPSA) is 69.7 Å². The summed E-state index contributed by atoms with van der Waals surface area (Å²) in [6, 6.07) is 0. The van der Waals surface area contributed by atoms with Crippen LogP contribution in [0.3, 0.4) is 0 Å². The van der Waals surface area contributed by atoms with E-state index < -0.39 is 0 Å². The highest BCUT2D eigenvalue weighted by Crippen LogP contribution is 1.93. The molecule has 0 radical (unpaired) electrons. The molecule has 4 heteroatoms. The lowest BCUT2D eigenvalue weighted by atomic mass is 10.3. The summed E-state index contributed by atoms with van der Waals surface area (Å²) in [7, 11) is 0. The Bertz CT molecular complexity index is 99.1. The van der Waals surface area contributed by atoms with Crippen LogP contribution in [0.4, 0.5) is 0 Å². The summed E-state index contributed by atoms with van der Waals surface area (Å²) in [6.45, 7) is 4.61. The zero-order valence-electron chi connectivity index (χ0n) is 7.74. The highest BCUT2D eigenvalue weighted by atomic mass is 16.3. The van der Waals surface area contributed by atoms with E-state index in [-0.39, 0.29) is 12.7 Å². The quantitative estimate of drug-likeness (QED) is 0.466. The summed E-state index contributed by atoms with van der Waals surface area (Å²) in [4.78, 5) is 2.01. The zero-order valence-corrected chi connectivity index (χ0v) is 7.74. The Labute approximate surface area is 74.0 Å². The van der Waals surface area contributed by atoms with Crippen molar-refractivity contribution in [3.8, 4) is 0 Å². The van der Waals surface area contributed by atoms with E-state index in [2.05, 4.69) is 0 Å². The summed E-state index contributed by atoms with van der Waals surface area (Å²) in [5.41, 5.74) is 5.35. The van der Waals surface area contributed by atoms with Gasteiger partial charge in [0.15, 0.2) is 0 Å². The molecule has 0 spiro atoms. The van der Waals surface area contributed by atoms with Crippen molar-refractivity contribution in [3.05, 3.63) is 0 Å². The number of aliphatic hydroxyl groups excluding tert-OH is 2. The minimum Gasteiger partial charge on any atom is -0.395 e. The van der Waals surface area contributed by atoms with Gasteiger partial charge >= 0.3 is 0 Å². The molecule has 0 amide bonds. The molecule has 0 aliphatic rings. The van der Waals surface area contributed by atoms with Crippen LogP contribution in [-0.2, 0) is 0 Å². The van der Waals surface area contributed by atoms with Gasteiger partial charge in [0.2, 0.25) is 0 Å². The van der Waals surface area contributed by atoms with Gasteiger partial charge in [0.1, 0.15) is 0 Å². The molecule has 0 fully saturated rings. The summed E-state index contributed by atoms with van der Waals surface area (Å²) in [5.74, 6) is 0. The second-order valence-electron chi connectivity index (χ2n) is 3.02. The highest BCUT2D eigenvalue weighted by Gasteiger charge is 2.06. The fraction of sp³-hybridized carbons (Fsp3) is 1.00. The molecule has 0 aliphatic carbocycles. The number of nitrogens with two attached hydrogens (primary N) is 1. The van der Waals surface area contributed by atoms with Crippen LogP contribution in [0.1, 0.15) is 13.3 Å². The first-order valence-electron chi connectivity index (χ1n) is 4.42. The maximum atomic E-state index is 9.09.